The van der Waals surface area contributed by atoms with E-state index in [1.165, 1.54) is 60.5 Å². The Kier molecular flexibility index (Phi) is 10.00. The first kappa shape index (κ1) is 37.0. The predicted molar refractivity (Wildman–Crippen MR) is 191 cm³/mol. The van der Waals surface area contributed by atoms with Crippen LogP contribution < -0.4 is 21.3 Å². The highest BCUT2D eigenvalue weighted by Crippen LogP contribution is 2.27. The van der Waals surface area contributed by atoms with Crippen molar-refractivity contribution in [3.63, 3.8) is 0 Å². The molecule has 0 radical (unpaired) electrons. The Balaban J connectivity index is 1.12. The number of cyclic esters (lactones) is 1. The van der Waals surface area contributed by atoms with Gasteiger partial charge < -0.3 is 14.8 Å². The highest BCUT2D eigenvalue weighted by molar-refractivity contribution is 7.92. The van der Waals surface area contributed by atoms with Gasteiger partial charge in [0.2, 0.25) is 0 Å². The van der Waals surface area contributed by atoms with Gasteiger partial charge in [0.15, 0.2) is 0 Å². The number of benzene rings is 2. The van der Waals surface area contributed by atoms with Crippen LogP contribution in [0.2, 0.25) is 0 Å². The number of aryl methyl sites for hydroxylation is 1. The Hall–Kier alpha value is -6.30. The molecule has 0 spiro atoms. The third kappa shape index (κ3) is 7.44. The van der Waals surface area contributed by atoms with Crippen molar-refractivity contribution in [2.45, 2.75) is 62.2 Å². The van der Waals surface area contributed by atoms with Crippen molar-refractivity contribution in [2.75, 3.05) is 4.72 Å². The van der Waals surface area contributed by atoms with Gasteiger partial charge >= 0.3 is 17.6 Å². The number of amides is 1. The quantitative estimate of drug-likeness (QED) is 0.197. The van der Waals surface area contributed by atoms with Crippen LogP contribution in [0.25, 0.3) is 16.6 Å². The first-order valence-corrected chi connectivity index (χ1v) is 18.6. The molecule has 7 rings (SSSR count). The van der Waals surface area contributed by atoms with Gasteiger partial charge in [0.05, 0.1) is 50.7 Å². The van der Waals surface area contributed by atoms with Gasteiger partial charge in [-0.25, -0.2) is 36.1 Å². The molecule has 1 saturated carbocycles. The first-order valence-electron chi connectivity index (χ1n) is 17.1. The predicted octanol–water partition coefficient (Wildman–Crippen LogP) is 3.45. The molecule has 2 aromatic carbocycles. The van der Waals surface area contributed by atoms with Gasteiger partial charge in [-0.3, -0.25) is 28.8 Å². The maximum absolute atomic E-state index is 15.4. The van der Waals surface area contributed by atoms with Crippen LogP contribution >= 0.6 is 0 Å². The van der Waals surface area contributed by atoms with Crippen molar-refractivity contribution >= 4 is 44.5 Å². The van der Waals surface area contributed by atoms with Crippen molar-refractivity contribution in [3.05, 3.63) is 122 Å². The van der Waals surface area contributed by atoms with Crippen LogP contribution in [0, 0.1) is 11.6 Å². The van der Waals surface area contributed by atoms with Crippen molar-refractivity contribution in [2.24, 2.45) is 7.05 Å². The van der Waals surface area contributed by atoms with Crippen molar-refractivity contribution < 1.29 is 41.1 Å². The number of nitrogens with one attached hydrogen (secondary N) is 2. The van der Waals surface area contributed by atoms with Crippen LogP contribution in [0.15, 0.2) is 81.6 Å². The molecule has 18 heteroatoms. The normalized spacial score (nSPS) is 14.9. The number of hydrogen-bond donors (Lipinski definition) is 2. The van der Waals surface area contributed by atoms with Crippen molar-refractivity contribution in [1.29, 1.82) is 0 Å². The van der Waals surface area contributed by atoms with Gasteiger partial charge in [-0.15, -0.1) is 0 Å². The smallest absolute Gasteiger partial charge is 0.338 e. The number of halogens is 2. The Morgan fingerprint density at radius 1 is 1.00 bits per heavy atom. The molecule has 1 fully saturated rings. The van der Waals surface area contributed by atoms with Crippen molar-refractivity contribution in [1.82, 2.24) is 24.4 Å². The summed E-state index contributed by atoms with van der Waals surface area (Å²) in [5.74, 6) is -5.39. The molecule has 1 atom stereocenters. The number of ether oxygens (including phenoxy) is 2. The fraction of sp³-hybridized carbons (Fsp3) is 0.270. The number of sulfonamides is 1. The molecule has 2 aliphatic rings. The molecule has 55 heavy (non-hydrogen) atoms. The molecule has 1 amide bonds. The van der Waals surface area contributed by atoms with E-state index in [9.17, 15) is 32.4 Å². The summed E-state index contributed by atoms with van der Waals surface area (Å²) in [5, 5.41) is 2.64. The van der Waals surface area contributed by atoms with Crippen LogP contribution in [0.4, 0.5) is 14.5 Å². The molecule has 2 N–H and O–H groups in total. The minimum atomic E-state index is -4.52. The molecule has 1 aliphatic carbocycles. The Labute approximate surface area is 311 Å². The van der Waals surface area contributed by atoms with Gasteiger partial charge in [0.25, 0.3) is 21.5 Å². The van der Waals surface area contributed by atoms with Crippen LogP contribution in [0.3, 0.4) is 0 Å². The van der Waals surface area contributed by atoms with E-state index in [1.807, 2.05) is 4.72 Å². The standard InChI is InChI=1S/C37H32F2N6O9S/c1-44-32-18-40-12-11-25(32)34(47)45(37(44)50)22-9-8-21(41-17-22)13-31(36(49)54-23-5-3-2-4-6-23)42-33(46)27-15-29(39)30(16-28(27)38)43-55(51,52)24-10-7-20-19-53-35(48)26(20)14-24/h7-12,14-18,23,31,43H,2-6,13,19H2,1H3,(H,42,46)/t31-/m0/s1. The largest absolute Gasteiger partial charge is 0.461 e. The molecule has 0 saturated heterocycles. The number of nitrogens with zero attached hydrogens (tertiary/aromatic N) is 4. The number of rotatable bonds is 10. The number of fused-ring (bicyclic) bond motifs is 2. The minimum absolute atomic E-state index is 0.0217. The van der Waals surface area contributed by atoms with Crippen LogP contribution in [0.5, 0.6) is 0 Å². The zero-order valence-electron chi connectivity index (χ0n) is 29.1. The lowest BCUT2D eigenvalue weighted by molar-refractivity contribution is -0.152. The number of carbonyl (C=O) groups is 3. The third-order valence-corrected chi connectivity index (χ3v) is 10.9. The number of hydrogen-bond acceptors (Lipinski definition) is 11. The van der Waals surface area contributed by atoms with Crippen LogP contribution in [-0.2, 0) is 44.4 Å². The molecule has 15 nitrogen and oxygen atoms in total. The Morgan fingerprint density at radius 3 is 2.53 bits per heavy atom. The second-order valence-corrected chi connectivity index (χ2v) is 14.8. The topological polar surface area (TPSA) is 198 Å². The number of anilines is 1. The number of pyridine rings is 2. The zero-order valence-corrected chi connectivity index (χ0v) is 29.9. The SMILES string of the molecule is Cn1c(=O)n(-c2ccc(C[C@H](NC(=O)c3cc(F)c(NS(=O)(=O)c4ccc5c(c4)C(=O)OC5)cc3F)C(=O)OC3CCCCC3)nc2)c(=O)c2ccncc21. The van der Waals surface area contributed by atoms with E-state index in [0.29, 0.717) is 36.1 Å². The van der Waals surface area contributed by atoms with E-state index in [-0.39, 0.29) is 35.4 Å². The summed E-state index contributed by atoms with van der Waals surface area (Å²) in [6.45, 7) is -0.0253. The first-order chi connectivity index (χ1) is 26.3. The molecule has 4 heterocycles. The molecular weight excluding hydrogens is 743 g/mol. The summed E-state index contributed by atoms with van der Waals surface area (Å²) in [4.78, 5) is 73.0. The van der Waals surface area contributed by atoms with E-state index in [4.69, 9.17) is 9.47 Å². The Morgan fingerprint density at radius 2 is 1.78 bits per heavy atom. The Bertz CT molecular complexity index is 2610. The summed E-state index contributed by atoms with van der Waals surface area (Å²) in [6, 6.07) is 7.48. The average Bonchev–Trinajstić information content (AvgIpc) is 3.55. The van der Waals surface area contributed by atoms with E-state index < -0.39 is 79.0 Å². The fourth-order valence-electron chi connectivity index (χ4n) is 6.52. The minimum Gasteiger partial charge on any atom is -0.461 e. The van der Waals surface area contributed by atoms with Crippen molar-refractivity contribution in [3.8, 4) is 5.69 Å². The fourth-order valence-corrected chi connectivity index (χ4v) is 7.61. The highest BCUT2D eigenvalue weighted by Gasteiger charge is 2.30. The molecule has 0 bridgehead atoms. The summed E-state index contributed by atoms with van der Waals surface area (Å²) in [5.41, 5.74) is -1.71. The molecule has 0 unspecified atom stereocenters. The molecule has 284 valence electrons. The highest BCUT2D eigenvalue weighted by atomic mass is 32.2. The maximum Gasteiger partial charge on any atom is 0.338 e. The van der Waals surface area contributed by atoms with Gasteiger partial charge in [0.1, 0.15) is 30.4 Å². The number of carbonyl (C=O) groups excluding carboxylic acids is 3. The van der Waals surface area contributed by atoms with Crippen LogP contribution in [0.1, 0.15) is 64.1 Å². The molecule has 3 aromatic heterocycles. The lowest BCUT2D eigenvalue weighted by Gasteiger charge is -2.25. The summed E-state index contributed by atoms with van der Waals surface area (Å²) >= 11 is 0. The monoisotopic (exact) mass is 774 g/mol. The third-order valence-electron chi connectivity index (χ3n) is 9.49. The van der Waals surface area contributed by atoms with Crippen LogP contribution in [-0.4, -0.2) is 57.5 Å². The molecular formula is C37H32F2N6O9S. The summed E-state index contributed by atoms with van der Waals surface area (Å²) in [7, 11) is -3.03. The van der Waals surface area contributed by atoms with E-state index in [1.54, 1.807) is 0 Å². The second kappa shape index (κ2) is 14.8. The lowest BCUT2D eigenvalue weighted by Crippen LogP contribution is -2.45. The van der Waals surface area contributed by atoms with Gasteiger partial charge in [0, 0.05) is 37.0 Å². The maximum atomic E-state index is 15.4. The van der Waals surface area contributed by atoms with E-state index in [0.717, 1.165) is 29.9 Å². The number of esters is 2. The van der Waals surface area contributed by atoms with Gasteiger partial charge in [-0.1, -0.05) is 12.5 Å². The lowest BCUT2D eigenvalue weighted by atomic mass is 9.97. The molecule has 5 aromatic rings. The summed E-state index contributed by atoms with van der Waals surface area (Å²) < 4.78 is 71.5. The van der Waals surface area contributed by atoms with Gasteiger partial charge in [-0.05, 0) is 62.1 Å². The summed E-state index contributed by atoms with van der Waals surface area (Å²) in [6.07, 6.45) is 7.25. The zero-order chi connectivity index (χ0) is 39.0. The van der Waals surface area contributed by atoms with E-state index in [2.05, 4.69) is 15.3 Å². The van der Waals surface area contributed by atoms with E-state index >= 15 is 8.78 Å². The molecule has 1 aliphatic heterocycles. The second-order valence-electron chi connectivity index (χ2n) is 13.1. The van der Waals surface area contributed by atoms with Gasteiger partial charge in [-0.2, -0.15) is 0 Å². The number of aromatic nitrogens is 4. The average molecular weight is 775 g/mol.